The van der Waals surface area contributed by atoms with Crippen molar-refractivity contribution in [3.8, 4) is 0 Å². The van der Waals surface area contributed by atoms with Crippen LogP contribution in [-0.4, -0.2) is 11.1 Å². The maximum Gasteiger partial charge on any atom is 0.0872 e. The lowest BCUT2D eigenvalue weighted by atomic mass is 10.0. The van der Waals surface area contributed by atoms with E-state index >= 15 is 0 Å². The molecule has 1 rings (SSSR count). The first-order valence-electron chi connectivity index (χ1n) is 4.03. The minimum Gasteiger partial charge on any atom is -0.388 e. The Kier molecular flexibility index (Phi) is 3.31. The molecule has 0 spiro atoms. The minimum atomic E-state index is -0.725. The second kappa shape index (κ2) is 4.50. The van der Waals surface area contributed by atoms with E-state index < -0.39 is 12.1 Å². The van der Waals surface area contributed by atoms with Crippen LogP contribution in [0.5, 0.6) is 0 Å². The Labute approximate surface area is 76.5 Å². The van der Waals surface area contributed by atoms with Crippen LogP contribution in [0.4, 0.5) is 0 Å². The first-order chi connectivity index (χ1) is 6.25. The lowest BCUT2D eigenvalue weighted by molar-refractivity contribution is 0.153. The predicted octanol–water partition coefficient (Wildman–Crippen LogP) is 2.42. The van der Waals surface area contributed by atoms with Gasteiger partial charge in [-0.1, -0.05) is 42.4 Å². The molecule has 2 atom stereocenters. The van der Waals surface area contributed by atoms with Crippen LogP contribution in [0, 0.1) is 0 Å². The molecule has 0 saturated carbocycles. The van der Waals surface area contributed by atoms with Gasteiger partial charge in [-0.2, -0.15) is 0 Å². The van der Waals surface area contributed by atoms with Crippen LogP contribution in [-0.2, 0) is 0 Å². The maximum absolute atomic E-state index is 9.66. The number of benzene rings is 1. The van der Waals surface area contributed by atoms with Crippen LogP contribution in [0.2, 0.25) is 0 Å². The minimum absolute atomic E-state index is 0.438. The largest absolute Gasteiger partial charge is 0.388 e. The van der Waals surface area contributed by atoms with Gasteiger partial charge in [0.05, 0.1) is 12.1 Å². The third-order valence-corrected chi connectivity index (χ3v) is 1.83. The van der Waals surface area contributed by atoms with E-state index in [1.165, 1.54) is 0 Å². The fraction of sp³-hybridized carbons (Fsp3) is 0.333. The van der Waals surface area contributed by atoms with Crippen molar-refractivity contribution in [1.29, 1.82) is 0 Å². The van der Waals surface area contributed by atoms with E-state index in [4.69, 9.17) is 5.53 Å². The van der Waals surface area contributed by atoms with Crippen molar-refractivity contribution in [2.45, 2.75) is 19.1 Å². The molecule has 1 aromatic carbocycles. The van der Waals surface area contributed by atoms with Crippen molar-refractivity contribution in [2.75, 3.05) is 0 Å². The summed E-state index contributed by atoms with van der Waals surface area (Å²) in [5.74, 6) is 0. The molecule has 0 heterocycles. The average molecular weight is 177 g/mol. The monoisotopic (exact) mass is 177 g/mol. The normalized spacial score (nSPS) is 14.3. The summed E-state index contributed by atoms with van der Waals surface area (Å²) in [5.41, 5.74) is 8.95. The number of rotatable bonds is 3. The Morgan fingerprint density at radius 2 is 2.00 bits per heavy atom. The van der Waals surface area contributed by atoms with Gasteiger partial charge in [-0.15, -0.1) is 0 Å². The zero-order chi connectivity index (χ0) is 9.68. The lowest BCUT2D eigenvalue weighted by Gasteiger charge is -2.13. The SMILES string of the molecule is C[C@@H](N=[N+]=[N-])[C@H](O)c1ccccc1. The lowest BCUT2D eigenvalue weighted by Crippen LogP contribution is -2.11. The zero-order valence-electron chi connectivity index (χ0n) is 7.33. The molecule has 0 radical (unpaired) electrons. The maximum atomic E-state index is 9.66. The molecule has 0 aromatic heterocycles. The second-order valence-corrected chi connectivity index (χ2v) is 2.80. The van der Waals surface area contributed by atoms with Gasteiger partial charge >= 0.3 is 0 Å². The number of hydrogen-bond donors (Lipinski definition) is 1. The molecule has 0 unspecified atom stereocenters. The second-order valence-electron chi connectivity index (χ2n) is 2.80. The molecule has 0 saturated heterocycles. The third-order valence-electron chi connectivity index (χ3n) is 1.83. The van der Waals surface area contributed by atoms with Gasteiger partial charge in [-0.3, -0.25) is 0 Å². The van der Waals surface area contributed by atoms with Crippen LogP contribution >= 0.6 is 0 Å². The standard InChI is InChI=1S/C9H11N3O/c1-7(11-12-10)9(13)8-5-3-2-4-6-8/h2-7,9,13H,1H3/t7-,9+/m1/s1. The average Bonchev–Trinajstić information content (AvgIpc) is 2.18. The Bertz CT molecular complexity index is 306. The van der Waals surface area contributed by atoms with Crippen molar-refractivity contribution in [3.63, 3.8) is 0 Å². The summed E-state index contributed by atoms with van der Waals surface area (Å²) in [6.07, 6.45) is -0.725. The molecular weight excluding hydrogens is 166 g/mol. The molecule has 4 nitrogen and oxygen atoms in total. The van der Waals surface area contributed by atoms with Gasteiger partial charge in [0.25, 0.3) is 0 Å². The van der Waals surface area contributed by atoms with E-state index in [0.29, 0.717) is 0 Å². The Balaban J connectivity index is 2.79. The zero-order valence-corrected chi connectivity index (χ0v) is 7.33. The Morgan fingerprint density at radius 1 is 1.38 bits per heavy atom. The van der Waals surface area contributed by atoms with Gasteiger partial charge in [0.1, 0.15) is 0 Å². The van der Waals surface area contributed by atoms with Crippen molar-refractivity contribution in [2.24, 2.45) is 5.11 Å². The Hall–Kier alpha value is -1.51. The molecule has 0 aliphatic rings. The molecule has 0 aliphatic heterocycles. The van der Waals surface area contributed by atoms with Gasteiger partial charge < -0.3 is 5.11 Å². The number of nitrogens with zero attached hydrogens (tertiary/aromatic N) is 3. The third kappa shape index (κ3) is 2.47. The number of azide groups is 1. The molecule has 1 aromatic rings. The fourth-order valence-electron chi connectivity index (χ4n) is 1.07. The summed E-state index contributed by atoms with van der Waals surface area (Å²) >= 11 is 0. The fourth-order valence-corrected chi connectivity index (χ4v) is 1.07. The summed E-state index contributed by atoms with van der Waals surface area (Å²) in [6, 6.07) is 8.70. The van der Waals surface area contributed by atoms with Gasteiger partial charge in [0.15, 0.2) is 0 Å². The van der Waals surface area contributed by atoms with Crippen LogP contribution in [0.25, 0.3) is 10.4 Å². The van der Waals surface area contributed by atoms with Crippen LogP contribution in [0.1, 0.15) is 18.6 Å². The molecule has 0 bridgehead atoms. The van der Waals surface area contributed by atoms with E-state index in [1.807, 2.05) is 18.2 Å². The summed E-state index contributed by atoms with van der Waals surface area (Å²) in [4.78, 5) is 2.65. The highest BCUT2D eigenvalue weighted by molar-refractivity contribution is 5.18. The molecule has 1 N–H and O–H groups in total. The first kappa shape index (κ1) is 9.58. The van der Waals surface area contributed by atoms with Crippen LogP contribution < -0.4 is 0 Å². The van der Waals surface area contributed by atoms with Crippen molar-refractivity contribution >= 4 is 0 Å². The smallest absolute Gasteiger partial charge is 0.0872 e. The highest BCUT2D eigenvalue weighted by Gasteiger charge is 2.13. The molecule has 68 valence electrons. The summed E-state index contributed by atoms with van der Waals surface area (Å²) in [7, 11) is 0. The van der Waals surface area contributed by atoms with Gasteiger partial charge in [-0.25, -0.2) is 0 Å². The van der Waals surface area contributed by atoms with Gasteiger partial charge in [0.2, 0.25) is 0 Å². The van der Waals surface area contributed by atoms with E-state index in [2.05, 4.69) is 10.0 Å². The number of hydrogen-bond acceptors (Lipinski definition) is 2. The quantitative estimate of drug-likeness (QED) is 0.430. The number of aliphatic hydroxyl groups excluding tert-OH is 1. The molecule has 0 fully saturated rings. The topological polar surface area (TPSA) is 69.0 Å². The Morgan fingerprint density at radius 3 is 2.54 bits per heavy atom. The molecule has 0 aliphatic carbocycles. The van der Waals surface area contributed by atoms with E-state index in [1.54, 1.807) is 19.1 Å². The summed E-state index contributed by atoms with van der Waals surface area (Å²) in [6.45, 7) is 1.68. The van der Waals surface area contributed by atoms with Crippen molar-refractivity contribution in [3.05, 3.63) is 46.3 Å². The van der Waals surface area contributed by atoms with Crippen molar-refractivity contribution < 1.29 is 5.11 Å². The highest BCUT2D eigenvalue weighted by Crippen LogP contribution is 2.18. The first-order valence-corrected chi connectivity index (χ1v) is 4.03. The van der Waals surface area contributed by atoms with Gasteiger partial charge in [0, 0.05) is 4.91 Å². The summed E-state index contributed by atoms with van der Waals surface area (Å²) in [5, 5.41) is 13.1. The molecule has 13 heavy (non-hydrogen) atoms. The van der Waals surface area contributed by atoms with E-state index in [0.717, 1.165) is 5.56 Å². The van der Waals surface area contributed by atoms with Crippen LogP contribution in [0.3, 0.4) is 0 Å². The summed E-state index contributed by atoms with van der Waals surface area (Å²) < 4.78 is 0. The predicted molar refractivity (Wildman–Crippen MR) is 50.0 cm³/mol. The van der Waals surface area contributed by atoms with Crippen molar-refractivity contribution in [1.82, 2.24) is 0 Å². The van der Waals surface area contributed by atoms with Gasteiger partial charge in [-0.05, 0) is 11.1 Å². The molecule has 0 amide bonds. The highest BCUT2D eigenvalue weighted by atomic mass is 16.3. The van der Waals surface area contributed by atoms with E-state index in [-0.39, 0.29) is 0 Å². The number of aliphatic hydroxyl groups is 1. The van der Waals surface area contributed by atoms with Crippen LogP contribution in [0.15, 0.2) is 35.4 Å². The molecular formula is C9H11N3O. The van der Waals surface area contributed by atoms with E-state index in [9.17, 15) is 5.11 Å². The molecule has 4 heteroatoms.